The number of nitriles is 2. The van der Waals surface area contributed by atoms with Crippen molar-refractivity contribution in [3.05, 3.63) is 0 Å². The van der Waals surface area contributed by atoms with Crippen molar-refractivity contribution in [1.29, 1.82) is 10.5 Å². The van der Waals surface area contributed by atoms with E-state index in [2.05, 4.69) is 52.6 Å². The fraction of sp³-hybridized carbons (Fsp3) is 0.800. The minimum Gasteiger partial charge on any atom is -0.331 e. The van der Waals surface area contributed by atoms with Gasteiger partial charge in [0.2, 0.25) is 0 Å². The average molecular weight is 290 g/mol. The molecular weight excluding hydrogens is 264 g/mol. The third-order valence-electron chi connectivity index (χ3n) is 4.07. The highest BCUT2D eigenvalue weighted by Crippen LogP contribution is 2.29. The second-order valence-electron chi connectivity index (χ2n) is 5.15. The largest absolute Gasteiger partial charge is 0.331 e. The summed E-state index contributed by atoms with van der Waals surface area (Å²) in [5.74, 6) is 0. The van der Waals surface area contributed by atoms with E-state index in [0.29, 0.717) is 13.1 Å². The average Bonchev–Trinajstić information content (AvgIpc) is 2.49. The van der Waals surface area contributed by atoms with E-state index in [1.807, 2.05) is 6.34 Å². The topological polar surface area (TPSA) is 69.7 Å². The summed E-state index contributed by atoms with van der Waals surface area (Å²) in [6.45, 7) is 7.10. The normalized spacial score (nSPS) is 27.7. The monoisotopic (exact) mass is 290 g/mol. The predicted molar refractivity (Wildman–Crippen MR) is 83.1 cm³/mol. The van der Waals surface area contributed by atoms with Crippen molar-refractivity contribution in [2.45, 2.75) is 58.5 Å². The van der Waals surface area contributed by atoms with E-state index >= 15 is 0 Å². The fourth-order valence-electron chi connectivity index (χ4n) is 3.36. The van der Waals surface area contributed by atoms with Crippen molar-refractivity contribution in [2.75, 3.05) is 20.1 Å². The maximum absolute atomic E-state index is 9.17. The van der Waals surface area contributed by atoms with Crippen molar-refractivity contribution < 1.29 is 0 Å². The second kappa shape index (κ2) is 8.61. The molecule has 2 unspecified atom stereocenters. The van der Waals surface area contributed by atoms with Gasteiger partial charge in [-0.1, -0.05) is 20.8 Å². The van der Waals surface area contributed by atoms with Crippen molar-refractivity contribution in [1.82, 2.24) is 14.7 Å². The molecule has 0 aromatic heterocycles. The Kier molecular flexibility index (Phi) is 7.14. The zero-order valence-electron chi connectivity index (χ0n) is 13.5. The molecule has 6 nitrogen and oxygen atoms in total. The van der Waals surface area contributed by atoms with E-state index in [1.54, 1.807) is 7.05 Å². The molecule has 1 heterocycles. The quantitative estimate of drug-likeness (QED) is 0.424. The number of aliphatic imine (C=N–C) groups is 1. The molecule has 0 aromatic rings. The van der Waals surface area contributed by atoms with Gasteiger partial charge in [0.1, 0.15) is 0 Å². The SMILES string of the molecule is CCC1N(C=NC)C(CC)N(CC#N)C(CC)N1CC#N. The molecule has 6 heteroatoms. The Morgan fingerprint density at radius 2 is 1.33 bits per heavy atom. The summed E-state index contributed by atoms with van der Waals surface area (Å²) < 4.78 is 0. The molecule has 1 aliphatic rings. The first-order chi connectivity index (χ1) is 10.2. The Balaban J connectivity index is 3.25. The summed E-state index contributed by atoms with van der Waals surface area (Å²) in [7, 11) is 1.76. The van der Waals surface area contributed by atoms with Gasteiger partial charge in [-0.15, -0.1) is 0 Å². The molecule has 0 bridgehead atoms. The molecular formula is C15H26N6. The first kappa shape index (κ1) is 17.4. The molecule has 1 aliphatic heterocycles. The molecule has 0 amide bonds. The van der Waals surface area contributed by atoms with Crippen LogP contribution in [0, 0.1) is 22.7 Å². The van der Waals surface area contributed by atoms with Gasteiger partial charge in [-0.05, 0) is 19.3 Å². The smallest absolute Gasteiger partial charge is 0.0895 e. The highest BCUT2D eigenvalue weighted by atomic mass is 15.6. The van der Waals surface area contributed by atoms with Gasteiger partial charge in [0.15, 0.2) is 0 Å². The zero-order valence-corrected chi connectivity index (χ0v) is 13.5. The van der Waals surface area contributed by atoms with Gasteiger partial charge in [-0.2, -0.15) is 10.5 Å². The van der Waals surface area contributed by atoms with E-state index in [0.717, 1.165) is 19.3 Å². The van der Waals surface area contributed by atoms with E-state index in [1.165, 1.54) is 0 Å². The molecule has 2 atom stereocenters. The van der Waals surface area contributed by atoms with E-state index < -0.39 is 0 Å². The lowest BCUT2D eigenvalue weighted by Crippen LogP contribution is -2.70. The lowest BCUT2D eigenvalue weighted by atomic mass is 10.1. The Morgan fingerprint density at radius 3 is 1.62 bits per heavy atom. The molecule has 0 radical (unpaired) electrons. The molecule has 1 saturated heterocycles. The standard InChI is InChI=1S/C15H26N6/c1-5-13-19(10-8-16)14(6-2)21(12-18-4)15(7-3)20(13)11-9-17/h12-15H,5-7,10-11H2,1-4H3. The Hall–Kier alpha value is -1.63. The number of hydrogen-bond donors (Lipinski definition) is 0. The van der Waals surface area contributed by atoms with Crippen LogP contribution >= 0.6 is 0 Å². The van der Waals surface area contributed by atoms with Crippen LogP contribution in [0.25, 0.3) is 0 Å². The third kappa shape index (κ3) is 3.53. The molecule has 1 rings (SSSR count). The van der Waals surface area contributed by atoms with Crippen LogP contribution in [0.15, 0.2) is 4.99 Å². The van der Waals surface area contributed by atoms with Crippen molar-refractivity contribution in [3.8, 4) is 12.1 Å². The first-order valence-corrected chi connectivity index (χ1v) is 7.65. The van der Waals surface area contributed by atoms with Crippen molar-refractivity contribution >= 4 is 6.34 Å². The van der Waals surface area contributed by atoms with Crippen LogP contribution in [0.5, 0.6) is 0 Å². The van der Waals surface area contributed by atoms with Crippen molar-refractivity contribution in [2.24, 2.45) is 4.99 Å². The second-order valence-corrected chi connectivity index (χ2v) is 5.15. The van der Waals surface area contributed by atoms with Crippen LogP contribution in [0.1, 0.15) is 40.0 Å². The predicted octanol–water partition coefficient (Wildman–Crippen LogP) is 1.82. The Morgan fingerprint density at radius 1 is 0.905 bits per heavy atom. The number of rotatable bonds is 6. The molecule has 21 heavy (non-hydrogen) atoms. The van der Waals surface area contributed by atoms with Crippen LogP contribution in [-0.4, -0.2) is 59.7 Å². The summed E-state index contributed by atoms with van der Waals surface area (Å²) >= 11 is 0. The third-order valence-corrected chi connectivity index (χ3v) is 4.07. The van der Waals surface area contributed by atoms with Gasteiger partial charge in [0, 0.05) is 7.05 Å². The van der Waals surface area contributed by atoms with E-state index in [4.69, 9.17) is 0 Å². The van der Waals surface area contributed by atoms with Crippen LogP contribution < -0.4 is 0 Å². The molecule has 116 valence electrons. The maximum Gasteiger partial charge on any atom is 0.0895 e. The van der Waals surface area contributed by atoms with Gasteiger partial charge in [-0.25, -0.2) is 0 Å². The lowest BCUT2D eigenvalue weighted by Gasteiger charge is -2.56. The highest BCUT2D eigenvalue weighted by Gasteiger charge is 2.42. The van der Waals surface area contributed by atoms with E-state index in [9.17, 15) is 10.5 Å². The van der Waals surface area contributed by atoms with Gasteiger partial charge in [0.25, 0.3) is 0 Å². The van der Waals surface area contributed by atoms with Crippen LogP contribution in [0.4, 0.5) is 0 Å². The summed E-state index contributed by atoms with van der Waals surface area (Å²) in [6, 6.07) is 4.54. The minimum atomic E-state index is 0.126. The van der Waals surface area contributed by atoms with Crippen LogP contribution in [-0.2, 0) is 0 Å². The van der Waals surface area contributed by atoms with E-state index in [-0.39, 0.29) is 18.5 Å². The summed E-state index contributed by atoms with van der Waals surface area (Å²) in [4.78, 5) is 10.7. The van der Waals surface area contributed by atoms with Gasteiger partial charge in [0.05, 0.1) is 50.1 Å². The Labute approximate surface area is 128 Å². The van der Waals surface area contributed by atoms with Crippen molar-refractivity contribution in [3.63, 3.8) is 0 Å². The summed E-state index contributed by atoms with van der Waals surface area (Å²) in [6.07, 6.45) is 5.01. The summed E-state index contributed by atoms with van der Waals surface area (Å²) in [5, 5.41) is 18.3. The Bertz CT molecular complexity index is 389. The maximum atomic E-state index is 9.17. The van der Waals surface area contributed by atoms with Gasteiger partial charge in [-0.3, -0.25) is 14.8 Å². The molecule has 1 fully saturated rings. The summed E-state index contributed by atoms with van der Waals surface area (Å²) in [5.41, 5.74) is 0. The molecule has 0 N–H and O–H groups in total. The zero-order chi connectivity index (χ0) is 15.8. The molecule has 0 aromatic carbocycles. The lowest BCUT2D eigenvalue weighted by molar-refractivity contribution is -0.135. The highest BCUT2D eigenvalue weighted by molar-refractivity contribution is 5.56. The fourth-order valence-corrected chi connectivity index (χ4v) is 3.36. The van der Waals surface area contributed by atoms with Crippen LogP contribution in [0.3, 0.4) is 0 Å². The van der Waals surface area contributed by atoms with Crippen LogP contribution in [0.2, 0.25) is 0 Å². The van der Waals surface area contributed by atoms with Gasteiger partial charge >= 0.3 is 0 Å². The van der Waals surface area contributed by atoms with Gasteiger partial charge < -0.3 is 4.90 Å². The molecule has 0 saturated carbocycles. The molecule has 0 spiro atoms. The molecule has 0 aliphatic carbocycles. The minimum absolute atomic E-state index is 0.126. The number of hydrogen-bond acceptors (Lipinski definition) is 5. The number of nitrogens with zero attached hydrogens (tertiary/aromatic N) is 6. The first-order valence-electron chi connectivity index (χ1n) is 7.65.